The number of hydrogen-bond acceptors (Lipinski definition) is 3. The third-order valence-corrected chi connectivity index (χ3v) is 3.37. The summed E-state index contributed by atoms with van der Waals surface area (Å²) in [5.74, 6) is -3.06. The van der Waals surface area contributed by atoms with Gasteiger partial charge < -0.3 is 10.1 Å². The number of nitrogens with one attached hydrogen (secondary N) is 1. The molecule has 7 heteroatoms. The zero-order chi connectivity index (χ0) is 17.0. The summed E-state index contributed by atoms with van der Waals surface area (Å²) in [6.07, 6.45) is 0. The average Bonchev–Trinajstić information content (AvgIpc) is 2.50. The van der Waals surface area contributed by atoms with Crippen LogP contribution in [0, 0.1) is 18.6 Å². The quantitative estimate of drug-likeness (QED) is 0.816. The molecule has 1 amide bonds. The normalized spacial score (nSPS) is 10.3. The van der Waals surface area contributed by atoms with E-state index >= 15 is 0 Å². The second kappa shape index (κ2) is 7.32. The number of halogens is 3. The maximum atomic E-state index is 13.6. The number of aryl methyl sites for hydroxylation is 1. The smallest absolute Gasteiger partial charge is 0.341 e. The minimum atomic E-state index is -0.983. The summed E-state index contributed by atoms with van der Waals surface area (Å²) in [7, 11) is 0. The van der Waals surface area contributed by atoms with Gasteiger partial charge in [-0.2, -0.15) is 0 Å². The molecule has 23 heavy (non-hydrogen) atoms. The molecule has 0 aliphatic carbocycles. The van der Waals surface area contributed by atoms with Crippen LogP contribution < -0.4 is 5.32 Å². The molecule has 0 saturated heterocycles. The van der Waals surface area contributed by atoms with E-state index in [1.807, 2.05) is 0 Å². The van der Waals surface area contributed by atoms with Crippen molar-refractivity contribution in [2.75, 3.05) is 11.9 Å². The van der Waals surface area contributed by atoms with Gasteiger partial charge in [0.1, 0.15) is 11.6 Å². The molecule has 4 nitrogen and oxygen atoms in total. The fourth-order valence-electron chi connectivity index (χ4n) is 1.77. The Bertz CT molecular complexity index is 765. The molecular formula is C16H12BrF2NO3. The molecular weight excluding hydrogens is 372 g/mol. The summed E-state index contributed by atoms with van der Waals surface area (Å²) in [4.78, 5) is 23.4. The van der Waals surface area contributed by atoms with Gasteiger partial charge in [-0.25, -0.2) is 13.6 Å². The number of anilines is 1. The molecule has 120 valence electrons. The molecule has 0 aliphatic heterocycles. The second-order valence-electron chi connectivity index (χ2n) is 4.73. The lowest BCUT2D eigenvalue weighted by Gasteiger charge is -2.08. The lowest BCUT2D eigenvalue weighted by Crippen LogP contribution is -2.22. The van der Waals surface area contributed by atoms with E-state index in [2.05, 4.69) is 21.2 Å². The van der Waals surface area contributed by atoms with Crippen LogP contribution in [0.1, 0.15) is 15.9 Å². The number of amides is 1. The lowest BCUT2D eigenvalue weighted by molar-refractivity contribution is -0.119. The number of benzene rings is 2. The first-order valence-electron chi connectivity index (χ1n) is 6.55. The van der Waals surface area contributed by atoms with E-state index in [0.29, 0.717) is 10.0 Å². The SMILES string of the molecule is Cc1ccc(NC(=O)COC(=O)c2cc(Br)ccc2F)c(F)c1. The molecule has 0 bridgehead atoms. The van der Waals surface area contributed by atoms with Crippen molar-refractivity contribution in [3.05, 3.63) is 63.6 Å². The van der Waals surface area contributed by atoms with E-state index < -0.39 is 30.1 Å². The highest BCUT2D eigenvalue weighted by atomic mass is 79.9. The van der Waals surface area contributed by atoms with Crippen LogP contribution in [-0.2, 0) is 9.53 Å². The lowest BCUT2D eigenvalue weighted by atomic mass is 10.2. The van der Waals surface area contributed by atoms with Crippen LogP contribution in [0.25, 0.3) is 0 Å². The Hall–Kier alpha value is -2.28. The molecule has 1 N–H and O–H groups in total. The van der Waals surface area contributed by atoms with Crippen molar-refractivity contribution >= 4 is 33.5 Å². The molecule has 0 aromatic heterocycles. The predicted molar refractivity (Wildman–Crippen MR) is 84.1 cm³/mol. The van der Waals surface area contributed by atoms with Crippen LogP contribution in [0.5, 0.6) is 0 Å². The third-order valence-electron chi connectivity index (χ3n) is 2.88. The zero-order valence-electron chi connectivity index (χ0n) is 12.0. The minimum absolute atomic E-state index is 0.0229. The first-order chi connectivity index (χ1) is 10.9. The van der Waals surface area contributed by atoms with Gasteiger partial charge in [0.05, 0.1) is 11.3 Å². The number of carbonyl (C=O) groups is 2. The van der Waals surface area contributed by atoms with Gasteiger partial charge in [0, 0.05) is 4.47 Å². The summed E-state index contributed by atoms with van der Waals surface area (Å²) in [5, 5.41) is 2.28. The van der Waals surface area contributed by atoms with Crippen molar-refractivity contribution in [2.45, 2.75) is 6.92 Å². The van der Waals surface area contributed by atoms with E-state index in [0.717, 1.165) is 6.07 Å². The van der Waals surface area contributed by atoms with Gasteiger partial charge >= 0.3 is 5.97 Å². The summed E-state index contributed by atoms with van der Waals surface area (Å²) >= 11 is 3.11. The molecule has 0 atom stereocenters. The predicted octanol–water partition coefficient (Wildman–Crippen LogP) is 3.83. The Balaban J connectivity index is 1.96. The van der Waals surface area contributed by atoms with Crippen LogP contribution in [0.3, 0.4) is 0 Å². The van der Waals surface area contributed by atoms with Gasteiger partial charge in [-0.1, -0.05) is 22.0 Å². The van der Waals surface area contributed by atoms with Crippen molar-refractivity contribution in [2.24, 2.45) is 0 Å². The van der Waals surface area contributed by atoms with Crippen molar-refractivity contribution in [1.82, 2.24) is 0 Å². The highest BCUT2D eigenvalue weighted by molar-refractivity contribution is 9.10. The van der Waals surface area contributed by atoms with Gasteiger partial charge in [-0.3, -0.25) is 4.79 Å². The second-order valence-corrected chi connectivity index (χ2v) is 5.65. The number of esters is 1. The average molecular weight is 384 g/mol. The first kappa shape index (κ1) is 17.1. The Morgan fingerprint density at radius 2 is 1.87 bits per heavy atom. The van der Waals surface area contributed by atoms with Crippen molar-refractivity contribution in [3.63, 3.8) is 0 Å². The molecule has 0 unspecified atom stereocenters. The molecule has 0 saturated carbocycles. The van der Waals surface area contributed by atoms with Crippen LogP contribution in [0.4, 0.5) is 14.5 Å². The highest BCUT2D eigenvalue weighted by Crippen LogP contribution is 2.17. The molecule has 2 aromatic carbocycles. The highest BCUT2D eigenvalue weighted by Gasteiger charge is 2.16. The number of carbonyl (C=O) groups excluding carboxylic acids is 2. The molecule has 2 rings (SSSR count). The number of rotatable bonds is 4. The standard InChI is InChI=1S/C16H12BrF2NO3/c1-9-2-5-14(13(19)6-9)20-15(21)8-23-16(22)11-7-10(17)3-4-12(11)18/h2-7H,8H2,1H3,(H,20,21). The molecule has 0 heterocycles. The summed E-state index contributed by atoms with van der Waals surface area (Å²) in [5.41, 5.74) is 0.385. The van der Waals surface area contributed by atoms with E-state index in [9.17, 15) is 18.4 Å². The molecule has 0 aliphatic rings. The molecule has 0 radical (unpaired) electrons. The van der Waals surface area contributed by atoms with Crippen LogP contribution in [0.2, 0.25) is 0 Å². The molecule has 2 aromatic rings. The van der Waals surface area contributed by atoms with Gasteiger partial charge in [-0.05, 0) is 42.8 Å². The van der Waals surface area contributed by atoms with Crippen molar-refractivity contribution in [3.8, 4) is 0 Å². The van der Waals surface area contributed by atoms with Crippen LogP contribution in [0.15, 0.2) is 40.9 Å². The van der Waals surface area contributed by atoms with E-state index in [1.54, 1.807) is 13.0 Å². The summed E-state index contributed by atoms with van der Waals surface area (Å²) in [6, 6.07) is 8.06. The van der Waals surface area contributed by atoms with Crippen molar-refractivity contribution in [1.29, 1.82) is 0 Å². The van der Waals surface area contributed by atoms with E-state index in [-0.39, 0.29) is 11.3 Å². The third kappa shape index (κ3) is 4.59. The van der Waals surface area contributed by atoms with Crippen LogP contribution in [-0.4, -0.2) is 18.5 Å². The van der Waals surface area contributed by atoms with Gasteiger partial charge in [0.2, 0.25) is 0 Å². The fourth-order valence-corrected chi connectivity index (χ4v) is 2.13. The van der Waals surface area contributed by atoms with E-state index in [1.165, 1.54) is 24.3 Å². The maximum absolute atomic E-state index is 13.6. The zero-order valence-corrected chi connectivity index (χ0v) is 13.6. The fraction of sp³-hybridized carbons (Fsp3) is 0.125. The first-order valence-corrected chi connectivity index (χ1v) is 7.34. The van der Waals surface area contributed by atoms with Gasteiger partial charge in [0.25, 0.3) is 5.91 Å². The minimum Gasteiger partial charge on any atom is -0.452 e. The Morgan fingerprint density at radius 3 is 2.57 bits per heavy atom. The molecule has 0 fully saturated rings. The van der Waals surface area contributed by atoms with Gasteiger partial charge in [-0.15, -0.1) is 0 Å². The van der Waals surface area contributed by atoms with Gasteiger partial charge in [0.15, 0.2) is 6.61 Å². The Labute approximate surface area is 139 Å². The summed E-state index contributed by atoms with van der Waals surface area (Å²) < 4.78 is 32.3. The van der Waals surface area contributed by atoms with E-state index in [4.69, 9.17) is 4.74 Å². The Kier molecular flexibility index (Phi) is 5.44. The number of hydrogen-bond donors (Lipinski definition) is 1. The molecule has 0 spiro atoms. The van der Waals surface area contributed by atoms with Crippen molar-refractivity contribution < 1.29 is 23.1 Å². The van der Waals surface area contributed by atoms with Crippen LogP contribution >= 0.6 is 15.9 Å². The maximum Gasteiger partial charge on any atom is 0.341 e. The summed E-state index contributed by atoms with van der Waals surface area (Å²) in [6.45, 7) is 1.06. The largest absolute Gasteiger partial charge is 0.452 e. The number of ether oxygens (including phenoxy) is 1. The Morgan fingerprint density at radius 1 is 1.13 bits per heavy atom. The monoisotopic (exact) mass is 383 g/mol. The topological polar surface area (TPSA) is 55.4 Å².